The predicted octanol–water partition coefficient (Wildman–Crippen LogP) is 14.5. The molecule has 57 heavy (non-hydrogen) atoms. The van der Waals surface area contributed by atoms with Crippen LogP contribution in [-0.4, -0.2) is 60.4 Å². The molecule has 0 saturated carbocycles. The molecule has 0 amide bonds. The van der Waals surface area contributed by atoms with Gasteiger partial charge in [0.25, 0.3) is 0 Å². The van der Waals surface area contributed by atoms with Gasteiger partial charge in [-0.1, -0.05) is 160 Å². The summed E-state index contributed by atoms with van der Waals surface area (Å²) in [5.41, 5.74) is 0. The summed E-state index contributed by atoms with van der Waals surface area (Å²) < 4.78 is 11.9. The average molecular weight is 800 g/mol. The molecule has 0 rings (SSSR count). The highest BCUT2D eigenvalue weighted by Gasteiger charge is 2.15. The lowest BCUT2D eigenvalue weighted by molar-refractivity contribution is -0.150. The van der Waals surface area contributed by atoms with Gasteiger partial charge in [0.2, 0.25) is 0 Å². The number of hydrogen-bond acceptors (Lipinski definition) is 6. The van der Waals surface area contributed by atoms with Gasteiger partial charge in [-0.25, -0.2) is 0 Å². The quantitative estimate of drug-likeness (QED) is 0.0376. The normalized spacial score (nSPS) is 12.3. The molecule has 0 fully saturated rings. The largest absolute Gasteiger partial charge is 0.462 e. The molecule has 332 valence electrons. The number of carbonyl (C=O) groups excluding carboxylic acids is 2. The van der Waals surface area contributed by atoms with Crippen LogP contribution >= 0.6 is 0 Å². The van der Waals surface area contributed by atoms with Crippen molar-refractivity contribution < 1.29 is 24.2 Å². The van der Waals surface area contributed by atoms with E-state index in [1.165, 1.54) is 51.4 Å². The van der Waals surface area contributed by atoms with Crippen molar-refractivity contribution in [2.45, 2.75) is 239 Å². The van der Waals surface area contributed by atoms with Gasteiger partial charge in [0.1, 0.15) is 12.2 Å². The van der Waals surface area contributed by atoms with Gasteiger partial charge < -0.3 is 19.5 Å². The zero-order valence-electron chi connectivity index (χ0n) is 38.0. The molecule has 0 unspecified atom stereocenters. The van der Waals surface area contributed by atoms with Crippen molar-refractivity contribution >= 4 is 11.9 Å². The highest BCUT2D eigenvalue weighted by molar-refractivity contribution is 5.69. The highest BCUT2D eigenvalue weighted by Crippen LogP contribution is 2.17. The lowest BCUT2D eigenvalue weighted by Gasteiger charge is -2.21. The van der Waals surface area contributed by atoms with E-state index in [9.17, 15) is 14.7 Å². The Bertz CT molecular complexity index is 944. The van der Waals surface area contributed by atoms with Gasteiger partial charge in [0.15, 0.2) is 0 Å². The van der Waals surface area contributed by atoms with Crippen LogP contribution in [-0.2, 0) is 19.1 Å². The van der Waals surface area contributed by atoms with Gasteiger partial charge in [-0.2, -0.15) is 0 Å². The second kappa shape index (κ2) is 44.9. The molecule has 1 N–H and O–H groups in total. The minimum Gasteiger partial charge on any atom is -0.462 e. The van der Waals surface area contributed by atoms with E-state index in [1.54, 1.807) is 0 Å². The van der Waals surface area contributed by atoms with Crippen LogP contribution in [0, 0.1) is 0 Å². The van der Waals surface area contributed by atoms with Crippen molar-refractivity contribution in [1.82, 2.24) is 4.90 Å². The summed E-state index contributed by atoms with van der Waals surface area (Å²) >= 11 is 0. The van der Waals surface area contributed by atoms with Crippen LogP contribution in [0.25, 0.3) is 0 Å². The Morgan fingerprint density at radius 1 is 0.421 bits per heavy atom. The Balaban J connectivity index is 4.34. The van der Waals surface area contributed by atoms with E-state index in [0.717, 1.165) is 148 Å². The number of ether oxygens (including phenoxy) is 2. The van der Waals surface area contributed by atoms with Crippen molar-refractivity contribution in [1.29, 1.82) is 0 Å². The molecule has 0 aliphatic rings. The first-order valence-electron chi connectivity index (χ1n) is 24.3. The summed E-state index contributed by atoms with van der Waals surface area (Å²) in [6.45, 7) is 11.8. The van der Waals surface area contributed by atoms with Gasteiger partial charge in [0, 0.05) is 19.4 Å². The maximum absolute atomic E-state index is 12.7. The number of aliphatic hydroxyl groups excluding tert-OH is 1. The topological polar surface area (TPSA) is 76.1 Å². The average Bonchev–Trinajstić information content (AvgIpc) is 3.20. The zero-order valence-corrected chi connectivity index (χ0v) is 38.0. The first kappa shape index (κ1) is 54.8. The summed E-state index contributed by atoms with van der Waals surface area (Å²) in [5.74, 6) is -0.0855. The molecule has 0 heterocycles. The first-order chi connectivity index (χ1) is 28.0. The summed E-state index contributed by atoms with van der Waals surface area (Å²) in [7, 11) is 0. The van der Waals surface area contributed by atoms with Crippen molar-refractivity contribution in [3.05, 3.63) is 48.6 Å². The molecular weight excluding hydrogens is 707 g/mol. The van der Waals surface area contributed by atoms with E-state index in [1.807, 2.05) is 0 Å². The maximum Gasteiger partial charge on any atom is 0.306 e. The molecule has 0 bridgehead atoms. The number of nitrogens with zero attached hydrogens (tertiary/aromatic N) is 1. The van der Waals surface area contributed by atoms with Gasteiger partial charge in [-0.3, -0.25) is 9.59 Å². The van der Waals surface area contributed by atoms with Crippen molar-refractivity contribution in [2.75, 3.05) is 26.2 Å². The van der Waals surface area contributed by atoms with Crippen LogP contribution in [0.1, 0.15) is 227 Å². The number of aliphatic hydroxyl groups is 1. The second-order valence-electron chi connectivity index (χ2n) is 16.2. The predicted molar refractivity (Wildman–Crippen MR) is 246 cm³/mol. The number of carbonyl (C=O) groups is 2. The molecule has 0 spiro atoms. The fourth-order valence-electron chi connectivity index (χ4n) is 6.94. The number of allylic oxidation sites excluding steroid dienone is 8. The van der Waals surface area contributed by atoms with Crippen LogP contribution in [0.4, 0.5) is 0 Å². The minimum atomic E-state index is -0.0461. The van der Waals surface area contributed by atoms with Crippen molar-refractivity contribution in [3.8, 4) is 0 Å². The second-order valence-corrected chi connectivity index (χ2v) is 16.2. The zero-order chi connectivity index (χ0) is 41.7. The van der Waals surface area contributed by atoms with E-state index in [4.69, 9.17) is 9.47 Å². The van der Waals surface area contributed by atoms with E-state index >= 15 is 0 Å². The Morgan fingerprint density at radius 3 is 1.04 bits per heavy atom. The lowest BCUT2D eigenvalue weighted by atomic mass is 10.1. The van der Waals surface area contributed by atoms with Crippen molar-refractivity contribution in [3.63, 3.8) is 0 Å². The number of esters is 2. The third-order valence-corrected chi connectivity index (χ3v) is 10.7. The standard InChI is InChI=1S/C51H93NO5/c1-5-9-13-17-22-30-38-48(39-31-23-18-14-10-6-2)56-50(54)42-34-26-21-28-36-44-52(46-47-53)45-37-29-27-35-43-51(55)57-49(40-32-24-19-15-11-7-3)41-33-25-20-16-12-8-4/h17-20,22-25,48-49,53H,5-16,21,26-47H2,1-4H3/b22-17-,23-18-,24-19-,25-20-. The SMILES string of the molecule is CCCC/C=C\CCC(CC/C=C\CCCC)OC(=O)CCCCCCCN(CCO)CCCCCCC(=O)OC(CC/C=C\CCCC)CC/C=C\CCCC. The van der Waals surface area contributed by atoms with Crippen LogP contribution in [0.3, 0.4) is 0 Å². The number of rotatable bonds is 43. The molecule has 0 radical (unpaired) electrons. The maximum atomic E-state index is 12.7. The van der Waals surface area contributed by atoms with E-state index in [-0.39, 0.29) is 30.8 Å². The minimum absolute atomic E-state index is 0.000572. The van der Waals surface area contributed by atoms with Gasteiger partial charge in [0.05, 0.1) is 6.61 Å². The van der Waals surface area contributed by atoms with E-state index in [2.05, 4.69) is 81.2 Å². The molecule has 0 aromatic carbocycles. The molecule has 0 aliphatic carbocycles. The monoisotopic (exact) mass is 800 g/mol. The third-order valence-electron chi connectivity index (χ3n) is 10.7. The Kier molecular flexibility index (Phi) is 43.2. The fourth-order valence-corrected chi connectivity index (χ4v) is 6.94. The Labute approximate surface area is 353 Å². The number of unbranched alkanes of at least 4 members (excludes halogenated alkanes) is 15. The molecule has 0 aromatic heterocycles. The number of hydrogen-bond donors (Lipinski definition) is 1. The van der Waals surface area contributed by atoms with Crippen LogP contribution in [0.15, 0.2) is 48.6 Å². The van der Waals surface area contributed by atoms with Crippen LogP contribution < -0.4 is 0 Å². The molecule has 0 aliphatic heterocycles. The van der Waals surface area contributed by atoms with Crippen LogP contribution in [0.2, 0.25) is 0 Å². The summed E-state index contributed by atoms with van der Waals surface area (Å²) in [5, 5.41) is 9.63. The highest BCUT2D eigenvalue weighted by atomic mass is 16.5. The van der Waals surface area contributed by atoms with Gasteiger partial charge in [-0.05, 0) is 116 Å². The third kappa shape index (κ3) is 40.4. The Morgan fingerprint density at radius 2 is 0.719 bits per heavy atom. The fraction of sp³-hybridized carbons (Fsp3) is 0.804. The van der Waals surface area contributed by atoms with Crippen LogP contribution in [0.5, 0.6) is 0 Å². The smallest absolute Gasteiger partial charge is 0.306 e. The summed E-state index contributed by atoms with van der Waals surface area (Å²) in [6.07, 6.45) is 50.4. The summed E-state index contributed by atoms with van der Waals surface area (Å²) in [4.78, 5) is 27.8. The van der Waals surface area contributed by atoms with Gasteiger partial charge >= 0.3 is 11.9 Å². The molecule has 0 aromatic rings. The summed E-state index contributed by atoms with van der Waals surface area (Å²) in [6, 6.07) is 0. The Hall–Kier alpha value is -2.18. The molecule has 6 heteroatoms. The first-order valence-corrected chi connectivity index (χ1v) is 24.3. The lowest BCUT2D eigenvalue weighted by Crippen LogP contribution is -2.29. The molecular formula is C51H93NO5. The van der Waals surface area contributed by atoms with Crippen molar-refractivity contribution in [2.24, 2.45) is 0 Å². The molecule has 6 nitrogen and oxygen atoms in total. The van der Waals surface area contributed by atoms with E-state index in [0.29, 0.717) is 19.4 Å². The van der Waals surface area contributed by atoms with E-state index < -0.39 is 0 Å². The molecule has 0 atom stereocenters. The molecule has 0 saturated heterocycles. The van der Waals surface area contributed by atoms with Gasteiger partial charge in [-0.15, -0.1) is 0 Å².